The molecule has 8 heteroatoms. The first-order valence-corrected chi connectivity index (χ1v) is 6.43. The van der Waals surface area contributed by atoms with Crippen molar-refractivity contribution in [3.63, 3.8) is 0 Å². The van der Waals surface area contributed by atoms with Crippen LogP contribution in [0, 0.1) is 0 Å². The van der Waals surface area contributed by atoms with E-state index in [0.717, 1.165) is 12.1 Å². The Morgan fingerprint density at radius 2 is 2.00 bits per heavy atom. The summed E-state index contributed by atoms with van der Waals surface area (Å²) in [7, 11) is 0. The lowest BCUT2D eigenvalue weighted by atomic mass is 9.95. The van der Waals surface area contributed by atoms with E-state index in [9.17, 15) is 33.0 Å². The highest BCUT2D eigenvalue weighted by Gasteiger charge is 2.32. The van der Waals surface area contributed by atoms with Crippen molar-refractivity contribution in [1.29, 1.82) is 0 Å². The smallest absolute Gasteiger partial charge is 0.390 e. The summed E-state index contributed by atoms with van der Waals surface area (Å²) in [5.41, 5.74) is -1.47. The molecule has 0 aliphatic rings. The van der Waals surface area contributed by atoms with Crippen LogP contribution in [-0.4, -0.2) is 35.1 Å². The molecule has 0 fully saturated rings. The number of rotatable bonds is 6. The van der Waals surface area contributed by atoms with E-state index in [-0.39, 0.29) is 30.0 Å². The summed E-state index contributed by atoms with van der Waals surface area (Å²) in [6.07, 6.45) is -7.49. The number of aldehydes is 1. The maximum atomic E-state index is 12.7. The lowest BCUT2D eigenvalue weighted by Crippen LogP contribution is -2.28. The van der Waals surface area contributed by atoms with Crippen molar-refractivity contribution in [2.75, 3.05) is 6.54 Å². The molecule has 0 spiro atoms. The molecule has 3 N–H and O–H groups in total. The molecule has 0 saturated heterocycles. The molecule has 1 aromatic carbocycles. The molecule has 2 atom stereocenters. The molecule has 0 bridgehead atoms. The lowest BCUT2D eigenvalue weighted by molar-refractivity contribution is -0.137. The van der Waals surface area contributed by atoms with E-state index >= 15 is 0 Å². The van der Waals surface area contributed by atoms with Gasteiger partial charge in [-0.1, -0.05) is 6.07 Å². The van der Waals surface area contributed by atoms with E-state index < -0.39 is 23.9 Å². The molecule has 0 radical (unpaired) electrons. The quantitative estimate of drug-likeness (QED) is 0.693. The Labute approximate surface area is 124 Å². The van der Waals surface area contributed by atoms with Gasteiger partial charge in [-0.05, 0) is 24.1 Å². The fraction of sp³-hybridized carbons (Fsp3) is 0.429. The van der Waals surface area contributed by atoms with Crippen LogP contribution in [0.5, 0.6) is 0 Å². The highest BCUT2D eigenvalue weighted by molar-refractivity contribution is 5.77. The minimum atomic E-state index is -4.63. The van der Waals surface area contributed by atoms with E-state index in [1.807, 2.05) is 0 Å². The SMILES string of the molecule is CC(=O)NCCC(O)C(O)c1cc(C(F)(F)F)ccc1C=O. The summed E-state index contributed by atoms with van der Waals surface area (Å²) < 4.78 is 38.0. The summed E-state index contributed by atoms with van der Waals surface area (Å²) in [6.45, 7) is 1.31. The van der Waals surface area contributed by atoms with Gasteiger partial charge >= 0.3 is 6.18 Å². The number of nitrogens with one attached hydrogen (secondary N) is 1. The van der Waals surface area contributed by atoms with Crippen molar-refractivity contribution < 1.29 is 33.0 Å². The molecule has 2 unspecified atom stereocenters. The van der Waals surface area contributed by atoms with E-state index in [2.05, 4.69) is 5.32 Å². The minimum Gasteiger partial charge on any atom is -0.390 e. The second kappa shape index (κ2) is 7.37. The van der Waals surface area contributed by atoms with Crippen molar-refractivity contribution in [2.24, 2.45) is 0 Å². The molecular weight excluding hydrogens is 303 g/mol. The van der Waals surface area contributed by atoms with E-state index in [1.54, 1.807) is 0 Å². The molecule has 5 nitrogen and oxygen atoms in total. The highest BCUT2D eigenvalue weighted by Crippen LogP contribution is 2.32. The van der Waals surface area contributed by atoms with Crippen molar-refractivity contribution in [1.82, 2.24) is 5.32 Å². The minimum absolute atomic E-state index is 0.0446. The van der Waals surface area contributed by atoms with Crippen LogP contribution in [0.3, 0.4) is 0 Å². The van der Waals surface area contributed by atoms with Gasteiger partial charge in [0, 0.05) is 19.0 Å². The molecule has 122 valence electrons. The molecule has 22 heavy (non-hydrogen) atoms. The summed E-state index contributed by atoms with van der Waals surface area (Å²) in [4.78, 5) is 21.6. The van der Waals surface area contributed by atoms with E-state index in [4.69, 9.17) is 0 Å². The van der Waals surface area contributed by atoms with Crippen LogP contribution in [0.1, 0.15) is 40.9 Å². The van der Waals surface area contributed by atoms with Crippen LogP contribution in [0.4, 0.5) is 13.2 Å². The maximum Gasteiger partial charge on any atom is 0.416 e. The molecule has 0 heterocycles. The number of aliphatic hydroxyl groups excluding tert-OH is 2. The van der Waals surface area contributed by atoms with Crippen LogP contribution in [-0.2, 0) is 11.0 Å². The second-order valence-electron chi connectivity index (χ2n) is 4.74. The number of halogens is 3. The topological polar surface area (TPSA) is 86.6 Å². The van der Waals surface area contributed by atoms with Crippen molar-refractivity contribution in [3.05, 3.63) is 34.9 Å². The van der Waals surface area contributed by atoms with Crippen LogP contribution in [0.2, 0.25) is 0 Å². The first-order valence-electron chi connectivity index (χ1n) is 6.43. The average molecular weight is 319 g/mol. The van der Waals surface area contributed by atoms with Gasteiger partial charge in [0.2, 0.25) is 5.91 Å². The third-order valence-electron chi connectivity index (χ3n) is 3.04. The van der Waals surface area contributed by atoms with Crippen molar-refractivity contribution in [3.8, 4) is 0 Å². The van der Waals surface area contributed by atoms with Crippen LogP contribution in [0.25, 0.3) is 0 Å². The Morgan fingerprint density at radius 1 is 1.36 bits per heavy atom. The fourth-order valence-corrected chi connectivity index (χ4v) is 1.88. The predicted molar refractivity (Wildman–Crippen MR) is 71.1 cm³/mol. The monoisotopic (exact) mass is 319 g/mol. The highest BCUT2D eigenvalue weighted by atomic mass is 19.4. The fourth-order valence-electron chi connectivity index (χ4n) is 1.88. The summed E-state index contributed by atoms with van der Waals surface area (Å²) >= 11 is 0. The Bertz CT molecular complexity index is 545. The Hall–Kier alpha value is -1.93. The Balaban J connectivity index is 2.96. The number of hydrogen-bond acceptors (Lipinski definition) is 4. The van der Waals surface area contributed by atoms with Gasteiger partial charge in [-0.25, -0.2) is 0 Å². The standard InChI is InChI=1S/C14H16F3NO4/c1-8(20)18-5-4-12(21)13(22)11-6-10(14(15,16)17)3-2-9(11)7-19/h2-3,6-7,12-13,21-22H,4-5H2,1H3,(H,18,20). The van der Waals surface area contributed by atoms with Gasteiger partial charge < -0.3 is 15.5 Å². The van der Waals surface area contributed by atoms with Gasteiger partial charge in [0.1, 0.15) is 12.4 Å². The number of carbonyl (C=O) groups is 2. The number of hydrogen-bond donors (Lipinski definition) is 3. The largest absolute Gasteiger partial charge is 0.416 e. The third-order valence-corrected chi connectivity index (χ3v) is 3.04. The van der Waals surface area contributed by atoms with Gasteiger partial charge in [-0.2, -0.15) is 13.2 Å². The third kappa shape index (κ3) is 4.81. The molecule has 1 aromatic rings. The lowest BCUT2D eigenvalue weighted by Gasteiger charge is -2.20. The molecular formula is C14H16F3NO4. The predicted octanol–water partition coefficient (Wildman–Crippen LogP) is 1.44. The zero-order chi connectivity index (χ0) is 16.9. The van der Waals surface area contributed by atoms with E-state index in [0.29, 0.717) is 12.4 Å². The molecule has 0 aliphatic heterocycles. The van der Waals surface area contributed by atoms with Gasteiger partial charge in [-0.3, -0.25) is 9.59 Å². The molecule has 0 aromatic heterocycles. The van der Waals surface area contributed by atoms with Gasteiger partial charge in [0.05, 0.1) is 11.7 Å². The van der Waals surface area contributed by atoms with E-state index in [1.165, 1.54) is 6.92 Å². The van der Waals surface area contributed by atoms with Gasteiger partial charge in [0.25, 0.3) is 0 Å². The Morgan fingerprint density at radius 3 is 2.50 bits per heavy atom. The number of amides is 1. The maximum absolute atomic E-state index is 12.7. The van der Waals surface area contributed by atoms with Gasteiger partial charge in [-0.15, -0.1) is 0 Å². The number of benzene rings is 1. The molecule has 1 rings (SSSR count). The average Bonchev–Trinajstić information content (AvgIpc) is 2.44. The second-order valence-corrected chi connectivity index (χ2v) is 4.74. The normalized spacial score (nSPS) is 14.3. The van der Waals surface area contributed by atoms with Crippen LogP contribution in [0.15, 0.2) is 18.2 Å². The summed E-state index contributed by atoms with van der Waals surface area (Å²) in [6, 6.07) is 2.30. The van der Waals surface area contributed by atoms with Gasteiger partial charge in [0.15, 0.2) is 0 Å². The molecule has 0 aliphatic carbocycles. The zero-order valence-electron chi connectivity index (χ0n) is 11.7. The number of alkyl halides is 3. The summed E-state index contributed by atoms with van der Waals surface area (Å²) in [5, 5.41) is 22.2. The zero-order valence-corrected chi connectivity index (χ0v) is 11.7. The first-order chi connectivity index (χ1) is 10.2. The summed E-state index contributed by atoms with van der Waals surface area (Å²) in [5.74, 6) is -0.339. The number of carbonyl (C=O) groups excluding carboxylic acids is 2. The first kappa shape index (κ1) is 18.1. The molecule has 1 amide bonds. The van der Waals surface area contributed by atoms with Crippen molar-refractivity contribution >= 4 is 12.2 Å². The van der Waals surface area contributed by atoms with Crippen LogP contribution < -0.4 is 5.32 Å². The Kier molecular flexibility index (Phi) is 6.07. The van der Waals surface area contributed by atoms with Crippen molar-refractivity contribution in [2.45, 2.75) is 31.7 Å². The molecule has 0 saturated carbocycles. The van der Waals surface area contributed by atoms with Crippen LogP contribution >= 0.6 is 0 Å². The number of aliphatic hydroxyl groups is 2.